The molecule has 1 N–H and O–H groups in total. The highest BCUT2D eigenvalue weighted by atomic mass is 16.5. The minimum absolute atomic E-state index is 0.231. The fourth-order valence-corrected chi connectivity index (χ4v) is 4.25. The minimum Gasteiger partial charge on any atom is -0.493 e. The molecular formula is C27H24N4O3. The van der Waals surface area contributed by atoms with Gasteiger partial charge in [0.25, 0.3) is 5.91 Å². The summed E-state index contributed by atoms with van der Waals surface area (Å²) in [6.45, 7) is 0. The monoisotopic (exact) mass is 452 g/mol. The first kappa shape index (κ1) is 21.5. The number of methoxy groups -OCH3 is 2. The number of ether oxygens (including phenoxy) is 2. The summed E-state index contributed by atoms with van der Waals surface area (Å²) in [6, 6.07) is 24.9. The Kier molecular flexibility index (Phi) is 5.82. The Morgan fingerprint density at radius 1 is 0.941 bits per heavy atom. The maximum absolute atomic E-state index is 13.2. The molecule has 5 rings (SSSR count). The lowest BCUT2D eigenvalue weighted by Gasteiger charge is -2.27. The summed E-state index contributed by atoms with van der Waals surface area (Å²) in [6.07, 6.45) is 2.16. The van der Waals surface area contributed by atoms with E-state index in [-0.39, 0.29) is 11.9 Å². The molecule has 34 heavy (non-hydrogen) atoms. The second-order valence-corrected chi connectivity index (χ2v) is 7.87. The molecule has 7 nitrogen and oxygen atoms in total. The lowest BCUT2D eigenvalue weighted by atomic mass is 9.94. The van der Waals surface area contributed by atoms with E-state index in [9.17, 15) is 4.79 Å². The van der Waals surface area contributed by atoms with E-state index < -0.39 is 0 Å². The van der Waals surface area contributed by atoms with Crippen LogP contribution in [0.1, 0.15) is 33.9 Å². The first-order valence-corrected chi connectivity index (χ1v) is 11.0. The summed E-state index contributed by atoms with van der Waals surface area (Å²) in [4.78, 5) is 18.1. The van der Waals surface area contributed by atoms with Crippen LogP contribution >= 0.6 is 0 Å². The number of hydrogen-bond acceptors (Lipinski definition) is 5. The number of nitrogens with zero attached hydrogens (tertiary/aromatic N) is 3. The molecule has 0 saturated carbocycles. The van der Waals surface area contributed by atoms with Gasteiger partial charge in [0.15, 0.2) is 17.3 Å². The van der Waals surface area contributed by atoms with Gasteiger partial charge in [-0.1, -0.05) is 60.7 Å². The number of aromatic nitrogens is 2. The number of amides is 1. The van der Waals surface area contributed by atoms with Crippen LogP contribution in [0.2, 0.25) is 0 Å². The molecule has 1 aromatic heterocycles. The number of nitrogens with one attached hydrogen (secondary N) is 1. The molecule has 0 aliphatic carbocycles. The van der Waals surface area contributed by atoms with Gasteiger partial charge in [-0.05, 0) is 23.8 Å². The molecule has 1 unspecified atom stereocenters. The maximum Gasteiger partial charge on any atom is 0.261 e. The molecule has 1 aliphatic heterocycles. The number of fused-ring (bicyclic) bond motifs is 1. The van der Waals surface area contributed by atoms with Gasteiger partial charge in [0.2, 0.25) is 0 Å². The Labute approximate surface area is 197 Å². The molecule has 0 spiro atoms. The average molecular weight is 453 g/mol. The Morgan fingerprint density at radius 3 is 2.38 bits per heavy atom. The van der Waals surface area contributed by atoms with Gasteiger partial charge in [0, 0.05) is 17.7 Å². The van der Waals surface area contributed by atoms with E-state index in [1.165, 1.54) is 0 Å². The third-order valence-electron chi connectivity index (χ3n) is 5.87. The molecule has 2 heterocycles. The summed E-state index contributed by atoms with van der Waals surface area (Å²) >= 11 is 0. The predicted molar refractivity (Wildman–Crippen MR) is 132 cm³/mol. The molecule has 0 fully saturated rings. The first-order chi connectivity index (χ1) is 16.7. The topological polar surface area (TPSA) is 77.7 Å². The lowest BCUT2D eigenvalue weighted by Crippen LogP contribution is -2.22. The zero-order chi connectivity index (χ0) is 23.5. The zero-order valence-electron chi connectivity index (χ0n) is 18.9. The quantitative estimate of drug-likeness (QED) is 0.433. The van der Waals surface area contributed by atoms with Crippen molar-refractivity contribution in [1.82, 2.24) is 9.78 Å². The van der Waals surface area contributed by atoms with E-state index in [1.807, 2.05) is 78.9 Å². The smallest absolute Gasteiger partial charge is 0.261 e. The van der Waals surface area contributed by atoms with Gasteiger partial charge in [-0.15, -0.1) is 0 Å². The van der Waals surface area contributed by atoms with E-state index in [1.54, 1.807) is 25.1 Å². The molecule has 170 valence electrons. The van der Waals surface area contributed by atoms with Crippen molar-refractivity contribution in [3.63, 3.8) is 0 Å². The molecule has 0 saturated heterocycles. The number of carbonyl (C=O) groups is 1. The second kappa shape index (κ2) is 9.23. The zero-order valence-corrected chi connectivity index (χ0v) is 18.9. The van der Waals surface area contributed by atoms with Crippen molar-refractivity contribution in [1.29, 1.82) is 0 Å². The number of para-hydroxylation sites is 2. The van der Waals surface area contributed by atoms with Crippen molar-refractivity contribution < 1.29 is 14.3 Å². The Bertz CT molecular complexity index is 1350. The number of rotatable bonds is 6. The van der Waals surface area contributed by atoms with Crippen molar-refractivity contribution in [3.05, 3.63) is 102 Å². The molecule has 1 aliphatic rings. The summed E-state index contributed by atoms with van der Waals surface area (Å²) < 4.78 is 13.0. The first-order valence-electron chi connectivity index (χ1n) is 11.0. The number of benzene rings is 3. The molecular weight excluding hydrogens is 428 g/mol. The van der Waals surface area contributed by atoms with Gasteiger partial charge >= 0.3 is 0 Å². The van der Waals surface area contributed by atoms with Crippen LogP contribution in [-0.2, 0) is 0 Å². The normalized spacial score (nSPS) is 14.6. The summed E-state index contributed by atoms with van der Waals surface area (Å²) in [5.41, 5.74) is 3.89. The predicted octanol–water partition coefficient (Wildman–Crippen LogP) is 5.27. The summed E-state index contributed by atoms with van der Waals surface area (Å²) in [5.74, 6) is 1.52. The van der Waals surface area contributed by atoms with Crippen molar-refractivity contribution in [2.45, 2.75) is 12.5 Å². The van der Waals surface area contributed by atoms with Gasteiger partial charge in [-0.3, -0.25) is 4.79 Å². The minimum atomic E-state index is -0.262. The van der Waals surface area contributed by atoms with E-state index >= 15 is 0 Å². The molecule has 1 amide bonds. The number of anilines is 1. The Balaban J connectivity index is 1.62. The Morgan fingerprint density at radius 2 is 1.68 bits per heavy atom. The number of hydrogen-bond donors (Lipinski definition) is 1. The molecule has 0 bridgehead atoms. The fourth-order valence-electron chi connectivity index (χ4n) is 4.25. The van der Waals surface area contributed by atoms with Crippen LogP contribution in [-0.4, -0.2) is 35.6 Å². The number of carbonyl (C=O) groups excluding carboxylic acids is 1. The van der Waals surface area contributed by atoms with Crippen LogP contribution < -0.4 is 14.8 Å². The SMILES string of the molecule is COc1cccc(C2CC(c3ccccc3)=Nc3c(C(=O)Nc4ccccc4)cnn32)c1OC. The fraction of sp³-hybridized carbons (Fsp3) is 0.148. The van der Waals surface area contributed by atoms with Crippen LogP contribution in [0.25, 0.3) is 0 Å². The molecule has 3 aromatic carbocycles. The second-order valence-electron chi connectivity index (χ2n) is 7.87. The molecule has 0 radical (unpaired) electrons. The largest absolute Gasteiger partial charge is 0.493 e. The van der Waals surface area contributed by atoms with Crippen LogP contribution in [0.3, 0.4) is 0 Å². The standard InChI is InChI=1S/C27H24N4O3/c1-33-24-15-9-14-20(25(24)34-2)23-16-22(18-10-5-3-6-11-18)30-26-21(17-28-31(23)26)27(32)29-19-12-7-4-8-13-19/h3-15,17,23H,16H2,1-2H3,(H,29,32). The van der Waals surface area contributed by atoms with Crippen LogP contribution in [0.15, 0.2) is 90.1 Å². The highest BCUT2D eigenvalue weighted by Crippen LogP contribution is 2.42. The Hall–Kier alpha value is -4.39. The van der Waals surface area contributed by atoms with E-state index in [0.29, 0.717) is 35.0 Å². The van der Waals surface area contributed by atoms with Gasteiger partial charge in [0.1, 0.15) is 5.56 Å². The van der Waals surface area contributed by atoms with Crippen molar-refractivity contribution in [2.24, 2.45) is 4.99 Å². The van der Waals surface area contributed by atoms with Crippen molar-refractivity contribution >= 4 is 23.1 Å². The van der Waals surface area contributed by atoms with E-state index in [0.717, 1.165) is 16.8 Å². The van der Waals surface area contributed by atoms with Gasteiger partial charge in [-0.25, -0.2) is 9.67 Å². The molecule has 1 atom stereocenters. The van der Waals surface area contributed by atoms with Crippen LogP contribution in [0.5, 0.6) is 11.5 Å². The van der Waals surface area contributed by atoms with E-state index in [4.69, 9.17) is 14.5 Å². The van der Waals surface area contributed by atoms with Crippen molar-refractivity contribution in [3.8, 4) is 11.5 Å². The third-order valence-corrected chi connectivity index (χ3v) is 5.87. The van der Waals surface area contributed by atoms with Gasteiger partial charge in [0.05, 0.1) is 32.2 Å². The third kappa shape index (κ3) is 3.92. The highest BCUT2D eigenvalue weighted by molar-refractivity contribution is 6.09. The van der Waals surface area contributed by atoms with E-state index in [2.05, 4.69) is 10.4 Å². The molecule has 7 heteroatoms. The summed E-state index contributed by atoms with van der Waals surface area (Å²) in [7, 11) is 3.24. The van der Waals surface area contributed by atoms with Gasteiger partial charge < -0.3 is 14.8 Å². The lowest BCUT2D eigenvalue weighted by molar-refractivity contribution is 0.102. The van der Waals surface area contributed by atoms with Crippen LogP contribution in [0.4, 0.5) is 11.5 Å². The summed E-state index contributed by atoms with van der Waals surface area (Å²) in [5, 5.41) is 7.53. The average Bonchev–Trinajstić information content (AvgIpc) is 3.33. The molecule has 4 aromatic rings. The van der Waals surface area contributed by atoms with Crippen LogP contribution in [0, 0.1) is 0 Å². The number of aliphatic imine (C=N–C) groups is 1. The maximum atomic E-state index is 13.2. The van der Waals surface area contributed by atoms with Gasteiger partial charge in [-0.2, -0.15) is 5.10 Å². The van der Waals surface area contributed by atoms with Crippen molar-refractivity contribution in [2.75, 3.05) is 19.5 Å². The highest BCUT2D eigenvalue weighted by Gasteiger charge is 2.32.